The first-order valence-corrected chi connectivity index (χ1v) is 22.4. The lowest BCUT2D eigenvalue weighted by atomic mass is 10.0. The number of esters is 2. The minimum absolute atomic E-state index is 0.0287. The summed E-state index contributed by atoms with van der Waals surface area (Å²) in [4.78, 5) is 37.0. The fourth-order valence-corrected chi connectivity index (χ4v) is 6.44. The summed E-state index contributed by atoms with van der Waals surface area (Å²) >= 11 is 0. The largest absolute Gasteiger partial charge is 0.756 e. The minimum Gasteiger partial charge on any atom is -0.756 e. The molecule has 0 bridgehead atoms. The van der Waals surface area contributed by atoms with Gasteiger partial charge < -0.3 is 27.9 Å². The van der Waals surface area contributed by atoms with E-state index in [-0.39, 0.29) is 26.1 Å². The molecule has 302 valence electrons. The zero-order valence-electron chi connectivity index (χ0n) is 33.8. The van der Waals surface area contributed by atoms with E-state index >= 15 is 0 Å². The van der Waals surface area contributed by atoms with Crippen molar-refractivity contribution in [1.82, 2.24) is 0 Å². The van der Waals surface area contributed by atoms with E-state index in [9.17, 15) is 19.0 Å². The summed E-state index contributed by atoms with van der Waals surface area (Å²) in [6, 6.07) is 0. The molecular weight excluding hydrogens is 665 g/mol. The number of carbonyl (C=O) groups excluding carboxylic acids is 2. The van der Waals surface area contributed by atoms with Crippen LogP contribution in [0.1, 0.15) is 187 Å². The third kappa shape index (κ3) is 38.3. The molecule has 0 aliphatic heterocycles. The maximum atomic E-state index is 12.6. The van der Waals surface area contributed by atoms with E-state index in [4.69, 9.17) is 18.5 Å². The van der Waals surface area contributed by atoms with Crippen molar-refractivity contribution in [2.75, 3.05) is 47.5 Å². The predicted octanol–water partition coefficient (Wildman–Crippen LogP) is 10.8. The van der Waals surface area contributed by atoms with Crippen LogP contribution >= 0.6 is 7.82 Å². The number of quaternary nitrogens is 1. The van der Waals surface area contributed by atoms with Gasteiger partial charge in [-0.3, -0.25) is 14.2 Å². The number of carbonyl (C=O) groups is 2. The molecule has 0 N–H and O–H groups in total. The maximum absolute atomic E-state index is 12.6. The van der Waals surface area contributed by atoms with E-state index in [1.807, 2.05) is 21.1 Å². The highest BCUT2D eigenvalue weighted by Gasteiger charge is 2.21. The van der Waals surface area contributed by atoms with Gasteiger partial charge in [-0.2, -0.15) is 0 Å². The molecule has 51 heavy (non-hydrogen) atoms. The van der Waals surface area contributed by atoms with Crippen molar-refractivity contribution in [2.24, 2.45) is 0 Å². The number of unbranched alkanes of at least 4 members (excludes halogenated alkanes) is 22. The molecule has 0 aromatic rings. The lowest BCUT2D eigenvalue weighted by molar-refractivity contribution is -0.870. The first kappa shape index (κ1) is 49.8. The highest BCUT2D eigenvalue weighted by Crippen LogP contribution is 2.38. The Kier molecular flexibility index (Phi) is 33.7. The third-order valence-electron chi connectivity index (χ3n) is 9.04. The fourth-order valence-electron chi connectivity index (χ4n) is 5.71. The highest BCUT2D eigenvalue weighted by molar-refractivity contribution is 7.45. The van der Waals surface area contributed by atoms with Crippen molar-refractivity contribution in [1.29, 1.82) is 0 Å². The van der Waals surface area contributed by atoms with Gasteiger partial charge in [-0.05, 0) is 38.5 Å². The Morgan fingerprint density at radius 3 is 1.47 bits per heavy atom. The molecular formula is C41H80NO8P. The van der Waals surface area contributed by atoms with Gasteiger partial charge in [-0.15, -0.1) is 0 Å². The van der Waals surface area contributed by atoms with Crippen molar-refractivity contribution < 1.29 is 42.1 Å². The first-order valence-electron chi connectivity index (χ1n) is 20.9. The van der Waals surface area contributed by atoms with Crippen LogP contribution in [0.3, 0.4) is 0 Å². The van der Waals surface area contributed by atoms with Gasteiger partial charge >= 0.3 is 11.9 Å². The predicted molar refractivity (Wildman–Crippen MR) is 208 cm³/mol. The molecule has 0 aromatic carbocycles. The molecule has 0 saturated heterocycles. The van der Waals surface area contributed by atoms with Gasteiger partial charge in [0.2, 0.25) is 0 Å². The molecule has 0 aromatic heterocycles. The topological polar surface area (TPSA) is 111 Å². The van der Waals surface area contributed by atoms with Gasteiger partial charge in [0.15, 0.2) is 6.10 Å². The number of hydrogen-bond donors (Lipinski definition) is 0. The maximum Gasteiger partial charge on any atom is 0.306 e. The van der Waals surface area contributed by atoms with Crippen molar-refractivity contribution in [3.63, 3.8) is 0 Å². The smallest absolute Gasteiger partial charge is 0.306 e. The average molecular weight is 746 g/mol. The molecule has 0 saturated carbocycles. The minimum atomic E-state index is -4.60. The molecule has 2 atom stereocenters. The third-order valence-corrected chi connectivity index (χ3v) is 10.00. The number of ether oxygens (including phenoxy) is 2. The summed E-state index contributed by atoms with van der Waals surface area (Å²) in [6.07, 6.45) is 34.5. The van der Waals surface area contributed by atoms with E-state index < -0.39 is 32.5 Å². The van der Waals surface area contributed by atoms with Crippen LogP contribution in [-0.4, -0.2) is 70.0 Å². The average Bonchev–Trinajstić information content (AvgIpc) is 3.07. The zero-order chi connectivity index (χ0) is 37.9. The van der Waals surface area contributed by atoms with E-state index in [1.165, 1.54) is 109 Å². The molecule has 0 aliphatic rings. The quantitative estimate of drug-likeness (QED) is 0.0202. The molecule has 2 unspecified atom stereocenters. The van der Waals surface area contributed by atoms with E-state index in [2.05, 4.69) is 26.0 Å². The van der Waals surface area contributed by atoms with Gasteiger partial charge in [0.05, 0.1) is 27.7 Å². The van der Waals surface area contributed by atoms with Crippen molar-refractivity contribution in [3.05, 3.63) is 12.2 Å². The molecule has 10 heteroatoms. The Balaban J connectivity index is 4.04. The van der Waals surface area contributed by atoms with Crippen LogP contribution < -0.4 is 4.89 Å². The molecule has 0 amide bonds. The summed E-state index contributed by atoms with van der Waals surface area (Å²) in [6.45, 7) is 4.10. The van der Waals surface area contributed by atoms with Gasteiger partial charge in [-0.1, -0.05) is 148 Å². The van der Waals surface area contributed by atoms with E-state index in [0.29, 0.717) is 17.4 Å². The summed E-state index contributed by atoms with van der Waals surface area (Å²) in [5.41, 5.74) is 0. The molecule has 0 radical (unpaired) electrons. The Hall–Kier alpha value is -1.25. The zero-order valence-corrected chi connectivity index (χ0v) is 34.7. The second kappa shape index (κ2) is 34.5. The molecule has 0 spiro atoms. The van der Waals surface area contributed by atoms with Gasteiger partial charge in [-0.25, -0.2) is 0 Å². The summed E-state index contributed by atoms with van der Waals surface area (Å²) in [5, 5.41) is 0. The van der Waals surface area contributed by atoms with Crippen LogP contribution in [0.5, 0.6) is 0 Å². The van der Waals surface area contributed by atoms with Crippen molar-refractivity contribution >= 4 is 19.8 Å². The van der Waals surface area contributed by atoms with E-state index in [0.717, 1.165) is 44.9 Å². The first-order chi connectivity index (χ1) is 24.5. The number of hydrogen-bond acceptors (Lipinski definition) is 8. The van der Waals surface area contributed by atoms with Crippen LogP contribution in [0.4, 0.5) is 0 Å². The van der Waals surface area contributed by atoms with Crippen LogP contribution in [0.15, 0.2) is 12.2 Å². The number of phosphoric ester groups is 1. The highest BCUT2D eigenvalue weighted by atomic mass is 31.2. The summed E-state index contributed by atoms with van der Waals surface area (Å²) in [5.74, 6) is -0.850. The number of rotatable bonds is 38. The second-order valence-electron chi connectivity index (χ2n) is 15.4. The lowest BCUT2D eigenvalue weighted by Crippen LogP contribution is -2.37. The molecule has 9 nitrogen and oxygen atoms in total. The summed E-state index contributed by atoms with van der Waals surface area (Å²) in [7, 11) is 1.17. The monoisotopic (exact) mass is 746 g/mol. The Morgan fingerprint density at radius 1 is 0.588 bits per heavy atom. The number of allylic oxidation sites excluding steroid dienone is 2. The number of nitrogens with zero attached hydrogens (tertiary/aromatic N) is 1. The van der Waals surface area contributed by atoms with Crippen LogP contribution in [-0.2, 0) is 32.7 Å². The molecule has 0 heterocycles. The Bertz CT molecular complexity index is 891. The number of phosphoric acid groups is 1. The standard InChI is InChI=1S/C41H80NO8P/c1-6-8-10-12-13-14-15-16-17-18-19-20-21-22-23-24-25-26-27-28-29-30-32-34-41(44)50-39(37-47-40(43)33-31-11-9-7-2)38-49-51(45,46)48-36-35-42(3,4)5/h18-19,39H,6-17,20-38H2,1-5H3/b19-18-. The fraction of sp³-hybridized carbons (Fsp3) is 0.902. The molecule has 0 fully saturated rings. The second-order valence-corrected chi connectivity index (χ2v) is 16.8. The number of likely N-dealkylation sites (N-methyl/N-ethyl adjacent to an activating group) is 1. The van der Waals surface area contributed by atoms with Crippen LogP contribution in [0.2, 0.25) is 0 Å². The van der Waals surface area contributed by atoms with Gasteiger partial charge in [0, 0.05) is 12.8 Å². The van der Waals surface area contributed by atoms with Gasteiger partial charge in [0.25, 0.3) is 7.82 Å². The molecule has 0 aliphatic carbocycles. The van der Waals surface area contributed by atoms with Gasteiger partial charge in [0.1, 0.15) is 19.8 Å². The van der Waals surface area contributed by atoms with Crippen LogP contribution in [0, 0.1) is 0 Å². The SMILES string of the molecule is CCCCCCCCCC/C=C\CCCCCCCCCCCCCC(=O)OC(COC(=O)CCCCCC)COP(=O)([O-])OCC[N+](C)(C)C. The van der Waals surface area contributed by atoms with Crippen molar-refractivity contribution in [2.45, 2.75) is 193 Å². The Labute approximate surface area is 314 Å². The van der Waals surface area contributed by atoms with Crippen molar-refractivity contribution in [3.8, 4) is 0 Å². The molecule has 0 rings (SSSR count). The van der Waals surface area contributed by atoms with E-state index in [1.54, 1.807) is 0 Å². The normalized spacial score (nSPS) is 13.8. The Morgan fingerprint density at radius 2 is 1.00 bits per heavy atom. The summed E-state index contributed by atoms with van der Waals surface area (Å²) < 4.78 is 33.5. The van der Waals surface area contributed by atoms with Crippen LogP contribution in [0.25, 0.3) is 0 Å². The lowest BCUT2D eigenvalue weighted by Gasteiger charge is -2.28.